The third-order valence-electron chi connectivity index (χ3n) is 4.00. The van der Waals surface area contributed by atoms with Crippen molar-refractivity contribution >= 4 is 11.6 Å². The third kappa shape index (κ3) is 3.41. The van der Waals surface area contributed by atoms with Gasteiger partial charge in [-0.15, -0.1) is 0 Å². The van der Waals surface area contributed by atoms with Crippen molar-refractivity contribution in [2.45, 2.75) is 6.92 Å². The zero-order chi connectivity index (χ0) is 16.2. The Morgan fingerprint density at radius 2 is 1.91 bits per heavy atom. The van der Waals surface area contributed by atoms with Crippen molar-refractivity contribution in [3.63, 3.8) is 0 Å². The Hall–Kier alpha value is -2.63. The zero-order valence-electron chi connectivity index (χ0n) is 13.4. The van der Waals surface area contributed by atoms with Gasteiger partial charge in [0, 0.05) is 37.9 Å². The van der Waals surface area contributed by atoms with Crippen LogP contribution in [-0.4, -0.2) is 54.1 Å². The van der Waals surface area contributed by atoms with Crippen LogP contribution in [0, 0.1) is 6.92 Å². The molecule has 1 aliphatic heterocycles. The van der Waals surface area contributed by atoms with Crippen molar-refractivity contribution in [1.82, 2.24) is 14.9 Å². The number of methoxy groups -OCH3 is 1. The zero-order valence-corrected chi connectivity index (χ0v) is 13.4. The molecule has 0 aliphatic carbocycles. The molecule has 0 atom stereocenters. The summed E-state index contributed by atoms with van der Waals surface area (Å²) in [6.07, 6.45) is 1.36. The maximum Gasteiger partial charge on any atom is 0.272 e. The van der Waals surface area contributed by atoms with Crippen LogP contribution in [0.15, 0.2) is 36.7 Å². The van der Waals surface area contributed by atoms with Crippen LogP contribution in [-0.2, 0) is 0 Å². The fourth-order valence-corrected chi connectivity index (χ4v) is 2.72. The van der Waals surface area contributed by atoms with Gasteiger partial charge in [0.05, 0.1) is 7.11 Å². The number of carbonyl (C=O) groups excluding carboxylic acids is 1. The van der Waals surface area contributed by atoms with Gasteiger partial charge in [-0.1, -0.05) is 12.1 Å². The van der Waals surface area contributed by atoms with Crippen LogP contribution in [0.1, 0.15) is 16.1 Å². The summed E-state index contributed by atoms with van der Waals surface area (Å²) < 4.78 is 5.05. The van der Waals surface area contributed by atoms with Crippen LogP contribution in [0.25, 0.3) is 0 Å². The highest BCUT2D eigenvalue weighted by Crippen LogP contribution is 2.18. The summed E-state index contributed by atoms with van der Waals surface area (Å²) in [5, 5.41) is 0. The lowest BCUT2D eigenvalue weighted by Crippen LogP contribution is -2.49. The lowest BCUT2D eigenvalue weighted by atomic mass is 10.2. The van der Waals surface area contributed by atoms with E-state index in [1.54, 1.807) is 6.07 Å². The highest BCUT2D eigenvalue weighted by Gasteiger charge is 2.23. The number of aryl methyl sites for hydroxylation is 1. The Balaban J connectivity index is 1.65. The molecule has 3 rings (SSSR count). The average Bonchev–Trinajstić information content (AvgIpc) is 2.61. The van der Waals surface area contributed by atoms with E-state index in [4.69, 9.17) is 4.74 Å². The quantitative estimate of drug-likeness (QED) is 0.864. The van der Waals surface area contributed by atoms with Crippen LogP contribution < -0.4 is 9.64 Å². The smallest absolute Gasteiger partial charge is 0.272 e. The summed E-state index contributed by atoms with van der Waals surface area (Å²) in [6.45, 7) is 5.08. The van der Waals surface area contributed by atoms with Gasteiger partial charge in [0.1, 0.15) is 12.0 Å². The summed E-state index contributed by atoms with van der Waals surface area (Å²) in [6, 6.07) is 10.0. The van der Waals surface area contributed by atoms with Gasteiger partial charge >= 0.3 is 0 Å². The number of rotatable bonds is 3. The molecule has 1 fully saturated rings. The van der Waals surface area contributed by atoms with E-state index in [1.807, 2.05) is 4.90 Å². The molecule has 0 saturated carbocycles. The van der Waals surface area contributed by atoms with Crippen molar-refractivity contribution in [1.29, 1.82) is 0 Å². The number of anilines is 1. The van der Waals surface area contributed by atoms with Crippen LogP contribution in [0.5, 0.6) is 5.88 Å². The van der Waals surface area contributed by atoms with Crippen LogP contribution in [0.4, 0.5) is 5.69 Å². The predicted octanol–water partition coefficient (Wildman–Crippen LogP) is 1.76. The lowest BCUT2D eigenvalue weighted by molar-refractivity contribution is 0.0740. The maximum absolute atomic E-state index is 12.5. The Kier molecular flexibility index (Phi) is 4.41. The fourth-order valence-electron chi connectivity index (χ4n) is 2.72. The Morgan fingerprint density at radius 1 is 1.13 bits per heavy atom. The van der Waals surface area contributed by atoms with E-state index in [-0.39, 0.29) is 5.91 Å². The van der Waals surface area contributed by atoms with E-state index in [2.05, 4.69) is 46.1 Å². The number of benzene rings is 1. The summed E-state index contributed by atoms with van der Waals surface area (Å²) in [7, 11) is 1.53. The van der Waals surface area contributed by atoms with Gasteiger partial charge in [-0.05, 0) is 24.6 Å². The second kappa shape index (κ2) is 6.64. The summed E-state index contributed by atoms with van der Waals surface area (Å²) in [4.78, 5) is 24.6. The molecular formula is C17H20N4O2. The van der Waals surface area contributed by atoms with Gasteiger partial charge in [0.25, 0.3) is 5.91 Å². The molecule has 0 bridgehead atoms. The molecule has 0 spiro atoms. The number of piperazine rings is 1. The molecule has 1 saturated heterocycles. The number of aromatic nitrogens is 2. The van der Waals surface area contributed by atoms with Crippen LogP contribution >= 0.6 is 0 Å². The number of nitrogens with zero attached hydrogens (tertiary/aromatic N) is 4. The summed E-state index contributed by atoms with van der Waals surface area (Å²) in [5.41, 5.74) is 2.83. The van der Waals surface area contributed by atoms with E-state index in [1.165, 1.54) is 24.7 Å². The molecule has 0 unspecified atom stereocenters. The second-order valence-corrected chi connectivity index (χ2v) is 5.56. The van der Waals surface area contributed by atoms with E-state index in [9.17, 15) is 4.79 Å². The molecular weight excluding hydrogens is 292 g/mol. The Morgan fingerprint density at radius 3 is 2.61 bits per heavy atom. The van der Waals surface area contributed by atoms with E-state index in [0.29, 0.717) is 24.7 Å². The van der Waals surface area contributed by atoms with Gasteiger partial charge in [0.2, 0.25) is 5.88 Å². The molecule has 1 aromatic carbocycles. The van der Waals surface area contributed by atoms with Crippen molar-refractivity contribution in [2.75, 3.05) is 38.2 Å². The molecule has 2 aromatic rings. The Bertz CT molecular complexity index is 696. The highest BCUT2D eigenvalue weighted by atomic mass is 16.5. The van der Waals surface area contributed by atoms with E-state index in [0.717, 1.165) is 13.1 Å². The minimum absolute atomic E-state index is 0.0745. The topological polar surface area (TPSA) is 58.6 Å². The van der Waals surface area contributed by atoms with Gasteiger partial charge in [-0.25, -0.2) is 9.97 Å². The average molecular weight is 312 g/mol. The summed E-state index contributed by atoms with van der Waals surface area (Å²) >= 11 is 0. The van der Waals surface area contributed by atoms with Crippen molar-refractivity contribution < 1.29 is 9.53 Å². The van der Waals surface area contributed by atoms with Gasteiger partial charge in [-0.3, -0.25) is 4.79 Å². The van der Waals surface area contributed by atoms with Crippen molar-refractivity contribution in [3.05, 3.63) is 47.9 Å². The molecule has 2 heterocycles. The number of hydrogen-bond donors (Lipinski definition) is 0. The first-order valence-electron chi connectivity index (χ1n) is 7.64. The normalized spacial score (nSPS) is 14.7. The first-order valence-corrected chi connectivity index (χ1v) is 7.64. The Labute approximate surface area is 135 Å². The molecule has 1 aliphatic rings. The van der Waals surface area contributed by atoms with E-state index >= 15 is 0 Å². The van der Waals surface area contributed by atoms with Gasteiger partial charge < -0.3 is 14.5 Å². The number of carbonyl (C=O) groups is 1. The van der Waals surface area contributed by atoms with E-state index < -0.39 is 0 Å². The first-order chi connectivity index (χ1) is 11.2. The number of amides is 1. The van der Waals surface area contributed by atoms with Crippen LogP contribution in [0.2, 0.25) is 0 Å². The molecule has 0 N–H and O–H groups in total. The van der Waals surface area contributed by atoms with Crippen molar-refractivity contribution in [3.8, 4) is 5.88 Å². The molecule has 23 heavy (non-hydrogen) atoms. The van der Waals surface area contributed by atoms with Crippen LogP contribution in [0.3, 0.4) is 0 Å². The lowest BCUT2D eigenvalue weighted by Gasteiger charge is -2.36. The number of hydrogen-bond acceptors (Lipinski definition) is 5. The predicted molar refractivity (Wildman–Crippen MR) is 87.9 cm³/mol. The largest absolute Gasteiger partial charge is 0.481 e. The minimum atomic E-state index is -0.0745. The molecule has 1 amide bonds. The standard InChI is InChI=1S/C17H20N4O2/c1-13-4-3-5-14(10-13)20-6-8-21(9-7-20)17(22)15-11-16(23-2)19-12-18-15/h3-5,10-12H,6-9H2,1-2H3. The molecule has 0 radical (unpaired) electrons. The first kappa shape index (κ1) is 15.3. The molecule has 6 heteroatoms. The fraction of sp³-hybridized carbons (Fsp3) is 0.353. The van der Waals surface area contributed by atoms with Gasteiger partial charge in [-0.2, -0.15) is 0 Å². The monoisotopic (exact) mass is 312 g/mol. The maximum atomic E-state index is 12.5. The molecule has 120 valence electrons. The second-order valence-electron chi connectivity index (χ2n) is 5.56. The molecule has 1 aromatic heterocycles. The summed E-state index contributed by atoms with van der Waals surface area (Å²) in [5.74, 6) is 0.330. The van der Waals surface area contributed by atoms with Crippen molar-refractivity contribution in [2.24, 2.45) is 0 Å². The SMILES string of the molecule is COc1cc(C(=O)N2CCN(c3cccc(C)c3)CC2)ncn1. The van der Waals surface area contributed by atoms with Gasteiger partial charge in [0.15, 0.2) is 0 Å². The highest BCUT2D eigenvalue weighted by molar-refractivity contribution is 5.92. The minimum Gasteiger partial charge on any atom is -0.481 e. The molecule has 6 nitrogen and oxygen atoms in total. The third-order valence-corrected chi connectivity index (χ3v) is 4.00. The number of ether oxygens (including phenoxy) is 1.